The SMILES string of the molecule is C[C@@H](O)[C@H]1C(=O)N2C(C(=O)[O-])=C(C[n+]3cc4sc(CO)cn4c3)[C@H](C)[C@H]12. The fourth-order valence-corrected chi connectivity index (χ4v) is 5.04. The number of amides is 1. The number of β-lactam (4-membered cyclic amide) rings is 1. The van der Waals surface area contributed by atoms with Gasteiger partial charge in [0.1, 0.15) is 18.9 Å². The van der Waals surface area contributed by atoms with E-state index in [1.54, 1.807) is 6.92 Å². The predicted octanol–water partition coefficient (Wildman–Crippen LogP) is -1.36. The fourth-order valence-electron chi connectivity index (χ4n) is 4.15. The molecule has 0 spiro atoms. The maximum atomic E-state index is 12.3. The van der Waals surface area contributed by atoms with E-state index in [9.17, 15) is 24.9 Å². The van der Waals surface area contributed by atoms with Crippen LogP contribution in [0.15, 0.2) is 30.0 Å². The molecule has 9 heteroatoms. The van der Waals surface area contributed by atoms with Crippen molar-refractivity contribution in [1.29, 1.82) is 0 Å². The molecular formula is C17H19N3O5S. The van der Waals surface area contributed by atoms with Crippen molar-refractivity contribution < 1.29 is 29.5 Å². The van der Waals surface area contributed by atoms with Gasteiger partial charge in [0.2, 0.25) is 17.1 Å². The number of carboxylic acids is 1. The molecule has 4 atom stereocenters. The summed E-state index contributed by atoms with van der Waals surface area (Å²) < 4.78 is 3.73. The Morgan fingerprint density at radius 3 is 2.81 bits per heavy atom. The van der Waals surface area contributed by atoms with Crippen LogP contribution in [-0.4, -0.2) is 43.5 Å². The predicted molar refractivity (Wildman–Crippen MR) is 88.4 cm³/mol. The summed E-state index contributed by atoms with van der Waals surface area (Å²) in [5.41, 5.74) is 0.555. The normalized spacial score (nSPS) is 26.4. The number of carbonyl (C=O) groups excluding carboxylic acids is 2. The number of hydrogen-bond acceptors (Lipinski definition) is 6. The average molecular weight is 377 g/mol. The van der Waals surface area contributed by atoms with E-state index in [-0.39, 0.29) is 30.2 Å². The van der Waals surface area contributed by atoms with Gasteiger partial charge in [0.25, 0.3) is 0 Å². The van der Waals surface area contributed by atoms with Crippen molar-refractivity contribution in [3.63, 3.8) is 0 Å². The third-order valence-corrected chi connectivity index (χ3v) is 6.36. The Morgan fingerprint density at radius 1 is 1.50 bits per heavy atom. The summed E-state index contributed by atoms with van der Waals surface area (Å²) in [5.74, 6) is -2.48. The molecule has 2 aromatic heterocycles. The first-order valence-electron chi connectivity index (χ1n) is 8.39. The van der Waals surface area contributed by atoms with Crippen LogP contribution >= 0.6 is 11.3 Å². The van der Waals surface area contributed by atoms with Crippen LogP contribution in [0.4, 0.5) is 0 Å². The minimum atomic E-state index is -1.36. The zero-order valence-corrected chi connectivity index (χ0v) is 15.1. The van der Waals surface area contributed by atoms with Gasteiger partial charge in [0.05, 0.1) is 41.2 Å². The molecule has 0 saturated carbocycles. The zero-order chi connectivity index (χ0) is 18.7. The summed E-state index contributed by atoms with van der Waals surface area (Å²) in [7, 11) is 0. The van der Waals surface area contributed by atoms with Gasteiger partial charge in [-0.25, -0.2) is 4.57 Å². The maximum absolute atomic E-state index is 12.3. The largest absolute Gasteiger partial charge is 0.543 e. The molecule has 2 aliphatic rings. The number of thiazole rings is 1. The standard InChI is InChI=1S/C17H19N3O5S/c1-8-11(4-18-5-12-19(7-18)3-10(6-21)26-12)15(17(24)25)20-14(8)13(9(2)22)16(20)23/h3,5,7-9,13-14,21-22H,4,6H2,1-2H3/t8-,9+,13+,14+/m0/s1. The lowest BCUT2D eigenvalue weighted by Crippen LogP contribution is -2.64. The summed E-state index contributed by atoms with van der Waals surface area (Å²) in [4.78, 5) is 27.1. The summed E-state index contributed by atoms with van der Waals surface area (Å²) in [6.45, 7) is 3.73. The number of hydrogen-bond donors (Lipinski definition) is 2. The first-order valence-corrected chi connectivity index (χ1v) is 9.21. The maximum Gasteiger partial charge on any atom is 0.249 e. The Kier molecular flexibility index (Phi) is 3.90. The van der Waals surface area contributed by atoms with E-state index in [0.717, 1.165) is 9.71 Å². The number of carbonyl (C=O) groups is 2. The topological polar surface area (TPSA) is 109 Å². The number of carboxylic acid groups (broad SMARTS) is 1. The molecule has 0 aromatic carbocycles. The highest BCUT2D eigenvalue weighted by atomic mass is 32.1. The van der Waals surface area contributed by atoms with Gasteiger partial charge in [0.15, 0.2) is 0 Å². The molecular weight excluding hydrogens is 358 g/mol. The van der Waals surface area contributed by atoms with Crippen molar-refractivity contribution in [1.82, 2.24) is 9.30 Å². The smallest absolute Gasteiger partial charge is 0.249 e. The van der Waals surface area contributed by atoms with Crippen LogP contribution in [-0.2, 0) is 22.7 Å². The van der Waals surface area contributed by atoms with Gasteiger partial charge in [-0.15, -0.1) is 0 Å². The molecule has 1 saturated heterocycles. The molecule has 2 aliphatic heterocycles. The van der Waals surface area contributed by atoms with Crippen molar-refractivity contribution in [2.24, 2.45) is 11.8 Å². The molecule has 0 bridgehead atoms. The van der Waals surface area contributed by atoms with Crippen LogP contribution in [0.5, 0.6) is 0 Å². The average Bonchev–Trinajstić information content (AvgIpc) is 3.17. The van der Waals surface area contributed by atoms with Gasteiger partial charge in [-0.1, -0.05) is 18.3 Å². The number of rotatable bonds is 5. The highest BCUT2D eigenvalue weighted by Crippen LogP contribution is 2.46. The number of aliphatic carboxylic acids is 1. The molecule has 1 fully saturated rings. The third kappa shape index (κ3) is 2.31. The van der Waals surface area contributed by atoms with Gasteiger partial charge in [0, 0.05) is 11.5 Å². The van der Waals surface area contributed by atoms with Gasteiger partial charge >= 0.3 is 0 Å². The molecule has 138 valence electrons. The molecule has 4 heterocycles. The second-order valence-corrected chi connectivity index (χ2v) is 8.08. The minimum absolute atomic E-state index is 0.0250. The lowest BCUT2D eigenvalue weighted by atomic mass is 9.78. The van der Waals surface area contributed by atoms with Crippen LogP contribution in [0.2, 0.25) is 0 Å². The number of nitrogens with zero attached hydrogens (tertiary/aromatic N) is 3. The van der Waals surface area contributed by atoms with Crippen LogP contribution in [0.1, 0.15) is 18.7 Å². The van der Waals surface area contributed by atoms with E-state index in [0.29, 0.717) is 12.1 Å². The minimum Gasteiger partial charge on any atom is -0.543 e. The number of aliphatic hydroxyl groups excluding tert-OH is 2. The van der Waals surface area contributed by atoms with Crippen LogP contribution in [0.3, 0.4) is 0 Å². The van der Waals surface area contributed by atoms with E-state index in [4.69, 9.17) is 0 Å². The Balaban J connectivity index is 1.68. The fraction of sp³-hybridized carbons (Fsp3) is 0.471. The van der Waals surface area contributed by atoms with E-state index in [2.05, 4.69) is 0 Å². The highest BCUT2D eigenvalue weighted by Gasteiger charge is 2.58. The summed E-state index contributed by atoms with van der Waals surface area (Å²) >= 11 is 1.45. The lowest BCUT2D eigenvalue weighted by molar-refractivity contribution is -0.688. The Morgan fingerprint density at radius 2 is 2.23 bits per heavy atom. The molecule has 0 aliphatic carbocycles. The first kappa shape index (κ1) is 17.2. The monoisotopic (exact) mass is 377 g/mol. The second kappa shape index (κ2) is 5.90. The van der Waals surface area contributed by atoms with Crippen LogP contribution in [0.25, 0.3) is 4.83 Å². The molecule has 2 aromatic rings. The van der Waals surface area contributed by atoms with Crippen molar-refractivity contribution >= 4 is 28.0 Å². The molecule has 4 rings (SSSR count). The quantitative estimate of drug-likeness (QED) is 0.494. The highest BCUT2D eigenvalue weighted by molar-refractivity contribution is 7.17. The molecule has 1 amide bonds. The van der Waals surface area contributed by atoms with Gasteiger partial charge in [-0.05, 0) is 6.92 Å². The van der Waals surface area contributed by atoms with Gasteiger partial charge in [-0.2, -0.15) is 4.40 Å². The number of imidazole rings is 1. The van der Waals surface area contributed by atoms with E-state index in [1.807, 2.05) is 34.6 Å². The number of aliphatic hydroxyl groups is 2. The Hall–Kier alpha value is -2.23. The Bertz CT molecular complexity index is 912. The Labute approximate surface area is 153 Å². The van der Waals surface area contributed by atoms with Crippen molar-refractivity contribution in [2.45, 2.75) is 39.1 Å². The first-order chi connectivity index (χ1) is 12.3. The van der Waals surface area contributed by atoms with E-state index in [1.165, 1.54) is 16.2 Å². The lowest BCUT2D eigenvalue weighted by Gasteiger charge is -2.47. The second-order valence-electron chi connectivity index (χ2n) is 6.93. The molecule has 2 N–H and O–H groups in total. The van der Waals surface area contributed by atoms with Gasteiger partial charge < -0.3 is 25.0 Å². The molecule has 0 radical (unpaired) electrons. The van der Waals surface area contributed by atoms with Crippen molar-refractivity contribution in [3.05, 3.63) is 34.9 Å². The van der Waals surface area contributed by atoms with Crippen molar-refractivity contribution in [3.8, 4) is 0 Å². The third-order valence-electron chi connectivity index (χ3n) is 5.34. The summed E-state index contributed by atoms with van der Waals surface area (Å²) in [6, 6.07) is -0.337. The van der Waals surface area contributed by atoms with Crippen LogP contribution < -0.4 is 9.67 Å². The summed E-state index contributed by atoms with van der Waals surface area (Å²) in [6.07, 6.45) is 4.70. The number of fused-ring (bicyclic) bond motifs is 2. The molecule has 8 nitrogen and oxygen atoms in total. The van der Waals surface area contributed by atoms with E-state index >= 15 is 0 Å². The molecule has 26 heavy (non-hydrogen) atoms. The zero-order valence-electron chi connectivity index (χ0n) is 14.3. The van der Waals surface area contributed by atoms with E-state index < -0.39 is 18.0 Å². The summed E-state index contributed by atoms with van der Waals surface area (Å²) in [5, 5.41) is 30.8. The molecule has 0 unspecified atom stereocenters. The number of aromatic nitrogens is 2. The van der Waals surface area contributed by atoms with Crippen molar-refractivity contribution in [2.75, 3.05) is 0 Å². The van der Waals surface area contributed by atoms with Crippen LogP contribution in [0, 0.1) is 11.8 Å². The van der Waals surface area contributed by atoms with Gasteiger partial charge in [-0.3, -0.25) is 4.79 Å².